The molecule has 6 heteroatoms. The second-order valence-electron chi connectivity index (χ2n) is 4.83. The van der Waals surface area contributed by atoms with Crippen molar-refractivity contribution in [1.29, 1.82) is 0 Å². The number of benzene rings is 2. The standard InChI is InChI=1S/C16H10BrN3OS/c17-9-5-6-13-14(7-9)22-16(19-13)20-15(21)11-8-18-12-4-2-1-3-10(11)12/h1-8,18H,(H,19,20,21). The Labute approximate surface area is 138 Å². The molecule has 108 valence electrons. The number of hydrogen-bond donors (Lipinski definition) is 2. The van der Waals surface area contributed by atoms with Gasteiger partial charge in [-0.15, -0.1) is 0 Å². The number of para-hydroxylation sites is 1. The quantitative estimate of drug-likeness (QED) is 0.531. The van der Waals surface area contributed by atoms with E-state index in [0.717, 1.165) is 25.6 Å². The molecule has 2 N–H and O–H groups in total. The van der Waals surface area contributed by atoms with Crippen LogP contribution in [0.5, 0.6) is 0 Å². The molecule has 1 amide bonds. The van der Waals surface area contributed by atoms with Gasteiger partial charge >= 0.3 is 0 Å². The highest BCUT2D eigenvalue weighted by Gasteiger charge is 2.14. The molecule has 2 aromatic heterocycles. The van der Waals surface area contributed by atoms with Gasteiger partial charge in [-0.05, 0) is 24.3 Å². The van der Waals surface area contributed by atoms with Gasteiger partial charge in [0.25, 0.3) is 5.91 Å². The highest BCUT2D eigenvalue weighted by molar-refractivity contribution is 9.10. The van der Waals surface area contributed by atoms with Gasteiger partial charge in [0, 0.05) is 21.6 Å². The number of carbonyl (C=O) groups excluding carboxylic acids is 1. The Kier molecular flexibility index (Phi) is 3.20. The number of nitrogens with one attached hydrogen (secondary N) is 2. The van der Waals surface area contributed by atoms with Crippen molar-refractivity contribution in [2.24, 2.45) is 0 Å². The number of carbonyl (C=O) groups is 1. The fraction of sp³-hybridized carbons (Fsp3) is 0. The average molecular weight is 372 g/mol. The summed E-state index contributed by atoms with van der Waals surface area (Å²) >= 11 is 4.90. The van der Waals surface area contributed by atoms with Crippen LogP contribution in [0.2, 0.25) is 0 Å². The van der Waals surface area contributed by atoms with Crippen LogP contribution in [-0.2, 0) is 0 Å². The first kappa shape index (κ1) is 13.5. The van der Waals surface area contributed by atoms with E-state index in [0.29, 0.717) is 10.7 Å². The van der Waals surface area contributed by atoms with Crippen molar-refractivity contribution in [3.63, 3.8) is 0 Å². The van der Waals surface area contributed by atoms with Gasteiger partial charge in [-0.3, -0.25) is 10.1 Å². The lowest BCUT2D eigenvalue weighted by Crippen LogP contribution is -2.10. The Morgan fingerprint density at radius 3 is 3.00 bits per heavy atom. The van der Waals surface area contributed by atoms with Crippen LogP contribution in [0.3, 0.4) is 0 Å². The molecule has 22 heavy (non-hydrogen) atoms. The summed E-state index contributed by atoms with van der Waals surface area (Å²) in [6, 6.07) is 13.6. The first-order chi connectivity index (χ1) is 10.7. The zero-order chi connectivity index (χ0) is 15.1. The van der Waals surface area contributed by atoms with Crippen molar-refractivity contribution in [2.75, 3.05) is 5.32 Å². The average Bonchev–Trinajstić information content (AvgIpc) is 3.09. The molecule has 0 aliphatic rings. The monoisotopic (exact) mass is 371 g/mol. The summed E-state index contributed by atoms with van der Waals surface area (Å²) in [6.45, 7) is 0. The van der Waals surface area contributed by atoms with Crippen molar-refractivity contribution in [3.8, 4) is 0 Å². The van der Waals surface area contributed by atoms with E-state index in [1.807, 2.05) is 42.5 Å². The molecular weight excluding hydrogens is 362 g/mol. The van der Waals surface area contributed by atoms with E-state index in [-0.39, 0.29) is 5.91 Å². The molecule has 0 atom stereocenters. The van der Waals surface area contributed by atoms with E-state index < -0.39 is 0 Å². The van der Waals surface area contributed by atoms with Gasteiger partial charge in [0.1, 0.15) is 0 Å². The Hall–Kier alpha value is -2.18. The van der Waals surface area contributed by atoms with E-state index in [1.165, 1.54) is 11.3 Å². The fourth-order valence-electron chi connectivity index (χ4n) is 2.38. The van der Waals surface area contributed by atoms with E-state index in [9.17, 15) is 4.79 Å². The molecular formula is C16H10BrN3OS. The lowest BCUT2D eigenvalue weighted by atomic mass is 10.2. The molecule has 4 rings (SSSR count). The maximum absolute atomic E-state index is 12.5. The van der Waals surface area contributed by atoms with E-state index >= 15 is 0 Å². The molecule has 0 aliphatic carbocycles. The highest BCUT2D eigenvalue weighted by Crippen LogP contribution is 2.29. The van der Waals surface area contributed by atoms with Crippen LogP contribution < -0.4 is 5.32 Å². The first-order valence-corrected chi connectivity index (χ1v) is 8.25. The predicted octanol–water partition coefficient (Wildman–Crippen LogP) is 4.79. The largest absolute Gasteiger partial charge is 0.360 e. The van der Waals surface area contributed by atoms with E-state index in [1.54, 1.807) is 6.20 Å². The third-order valence-electron chi connectivity index (χ3n) is 3.40. The maximum atomic E-state index is 12.5. The van der Waals surface area contributed by atoms with Crippen molar-refractivity contribution >= 4 is 59.4 Å². The third kappa shape index (κ3) is 2.30. The minimum absolute atomic E-state index is 0.157. The summed E-state index contributed by atoms with van der Waals surface area (Å²) in [5.74, 6) is -0.157. The predicted molar refractivity (Wildman–Crippen MR) is 93.6 cm³/mol. The first-order valence-electron chi connectivity index (χ1n) is 6.64. The van der Waals surface area contributed by atoms with Crippen molar-refractivity contribution in [3.05, 3.63) is 58.7 Å². The molecule has 4 nitrogen and oxygen atoms in total. The van der Waals surface area contributed by atoms with Gasteiger partial charge < -0.3 is 4.98 Å². The number of rotatable bonds is 2. The van der Waals surface area contributed by atoms with Crippen molar-refractivity contribution in [1.82, 2.24) is 9.97 Å². The Balaban J connectivity index is 1.68. The summed E-state index contributed by atoms with van der Waals surface area (Å²) in [5, 5.41) is 4.39. The number of amides is 1. The number of anilines is 1. The molecule has 2 heterocycles. The van der Waals surface area contributed by atoms with Gasteiger partial charge in [-0.25, -0.2) is 4.98 Å². The molecule has 0 radical (unpaired) electrons. The van der Waals surface area contributed by atoms with E-state index in [2.05, 4.69) is 31.2 Å². The molecule has 0 aliphatic heterocycles. The molecule has 0 spiro atoms. The van der Waals surface area contributed by atoms with Crippen LogP contribution in [0, 0.1) is 0 Å². The summed E-state index contributed by atoms with van der Waals surface area (Å²) < 4.78 is 2.03. The third-order valence-corrected chi connectivity index (χ3v) is 4.83. The zero-order valence-corrected chi connectivity index (χ0v) is 13.7. The van der Waals surface area contributed by atoms with Gasteiger partial charge in [0.15, 0.2) is 5.13 Å². The number of fused-ring (bicyclic) bond motifs is 2. The molecule has 0 unspecified atom stereocenters. The van der Waals surface area contributed by atoms with Gasteiger partial charge in [0.2, 0.25) is 0 Å². The van der Waals surface area contributed by atoms with Crippen LogP contribution in [0.25, 0.3) is 21.1 Å². The van der Waals surface area contributed by atoms with Crippen LogP contribution >= 0.6 is 27.3 Å². The smallest absolute Gasteiger partial charge is 0.259 e. The fourth-order valence-corrected chi connectivity index (χ4v) is 3.79. The molecule has 0 fully saturated rings. The molecule has 0 bridgehead atoms. The number of H-pyrrole nitrogens is 1. The summed E-state index contributed by atoms with van der Waals surface area (Å²) in [4.78, 5) is 20.0. The number of aromatic amines is 1. The molecule has 4 aromatic rings. The summed E-state index contributed by atoms with van der Waals surface area (Å²) in [5.41, 5.74) is 2.44. The number of nitrogens with zero attached hydrogens (tertiary/aromatic N) is 1. The van der Waals surface area contributed by atoms with E-state index in [4.69, 9.17) is 0 Å². The van der Waals surface area contributed by atoms with Gasteiger partial charge in [-0.2, -0.15) is 0 Å². The molecule has 0 saturated carbocycles. The van der Waals surface area contributed by atoms with Crippen LogP contribution in [-0.4, -0.2) is 15.9 Å². The lowest BCUT2D eigenvalue weighted by Gasteiger charge is -1.99. The number of aromatic nitrogens is 2. The molecule has 2 aromatic carbocycles. The van der Waals surface area contributed by atoms with Gasteiger partial charge in [0.05, 0.1) is 15.8 Å². The summed E-state index contributed by atoms with van der Waals surface area (Å²) in [6.07, 6.45) is 1.73. The Bertz CT molecular complexity index is 1000. The van der Waals surface area contributed by atoms with Crippen LogP contribution in [0.15, 0.2) is 53.1 Å². The number of hydrogen-bond acceptors (Lipinski definition) is 3. The van der Waals surface area contributed by atoms with Crippen LogP contribution in [0.4, 0.5) is 5.13 Å². The normalized spacial score (nSPS) is 11.1. The van der Waals surface area contributed by atoms with Crippen molar-refractivity contribution in [2.45, 2.75) is 0 Å². The Morgan fingerprint density at radius 1 is 1.23 bits per heavy atom. The summed E-state index contributed by atoms with van der Waals surface area (Å²) in [7, 11) is 0. The second kappa shape index (κ2) is 5.23. The second-order valence-corrected chi connectivity index (χ2v) is 6.78. The topological polar surface area (TPSA) is 57.8 Å². The number of thiazole rings is 1. The van der Waals surface area contributed by atoms with Crippen LogP contribution in [0.1, 0.15) is 10.4 Å². The van der Waals surface area contributed by atoms with Gasteiger partial charge in [-0.1, -0.05) is 45.5 Å². The maximum Gasteiger partial charge on any atom is 0.259 e. The zero-order valence-electron chi connectivity index (χ0n) is 11.3. The highest BCUT2D eigenvalue weighted by atomic mass is 79.9. The SMILES string of the molecule is O=C(Nc1nc2ccc(Br)cc2s1)c1c[nH]c2ccccc12. The minimum Gasteiger partial charge on any atom is -0.360 e. The minimum atomic E-state index is -0.157. The lowest BCUT2D eigenvalue weighted by molar-refractivity contribution is 0.102. The molecule has 0 saturated heterocycles. The number of halogens is 1. The van der Waals surface area contributed by atoms with Crippen molar-refractivity contribution < 1.29 is 4.79 Å². The Morgan fingerprint density at radius 2 is 2.09 bits per heavy atom.